The molecule has 1 aliphatic heterocycles. The van der Waals surface area contributed by atoms with E-state index in [-0.39, 0.29) is 11.5 Å². The Kier molecular flexibility index (Phi) is 7.25. The van der Waals surface area contributed by atoms with Gasteiger partial charge in [-0.15, -0.1) is 0 Å². The number of hydrogen-bond donors (Lipinski definition) is 1. The normalized spacial score (nSPS) is 18.1. The van der Waals surface area contributed by atoms with E-state index in [4.69, 9.17) is 4.99 Å². The number of sulfone groups is 1. The number of benzene rings is 1. The average molecular weight is 367 g/mol. The third-order valence-corrected chi connectivity index (χ3v) is 5.96. The van der Waals surface area contributed by atoms with Crippen LogP contribution in [0.2, 0.25) is 0 Å². The zero-order valence-corrected chi connectivity index (χ0v) is 16.3. The fraction of sp³-hybridized carbons (Fsp3) is 0.611. The molecule has 0 aromatic heterocycles. The molecule has 0 amide bonds. The number of aryl methyl sites for hydroxylation is 1. The van der Waals surface area contributed by atoms with Crippen LogP contribution in [0.4, 0.5) is 0 Å². The highest BCUT2D eigenvalue weighted by atomic mass is 32.2. The van der Waals surface area contributed by atoms with Gasteiger partial charge in [-0.05, 0) is 19.4 Å². The van der Waals surface area contributed by atoms with E-state index in [2.05, 4.69) is 53.2 Å². The van der Waals surface area contributed by atoms with Gasteiger partial charge in [0.1, 0.15) is 0 Å². The first-order valence-corrected chi connectivity index (χ1v) is 10.7. The Morgan fingerprint density at radius 2 is 1.88 bits per heavy atom. The Morgan fingerprint density at radius 3 is 2.48 bits per heavy atom. The predicted octanol–water partition coefficient (Wildman–Crippen LogP) is 1.12. The second-order valence-electron chi connectivity index (χ2n) is 6.57. The fourth-order valence-electron chi connectivity index (χ4n) is 2.78. The molecule has 0 spiro atoms. The summed E-state index contributed by atoms with van der Waals surface area (Å²) in [6.45, 7) is 8.47. The number of guanidine groups is 1. The number of rotatable bonds is 6. The van der Waals surface area contributed by atoms with Crippen molar-refractivity contribution in [1.29, 1.82) is 0 Å². The first-order chi connectivity index (χ1) is 11.9. The Labute approximate surface area is 151 Å². The molecule has 1 aromatic rings. The zero-order valence-electron chi connectivity index (χ0n) is 15.5. The zero-order chi connectivity index (χ0) is 18.3. The van der Waals surface area contributed by atoms with Crippen LogP contribution in [0.3, 0.4) is 0 Å². The summed E-state index contributed by atoms with van der Waals surface area (Å²) < 4.78 is 23.0. The van der Waals surface area contributed by atoms with E-state index in [9.17, 15) is 8.42 Å². The highest BCUT2D eigenvalue weighted by molar-refractivity contribution is 7.91. The van der Waals surface area contributed by atoms with Crippen LogP contribution in [0, 0.1) is 6.92 Å². The van der Waals surface area contributed by atoms with Gasteiger partial charge in [-0.1, -0.05) is 29.8 Å². The van der Waals surface area contributed by atoms with Crippen LogP contribution in [-0.4, -0.2) is 75.5 Å². The fourth-order valence-corrected chi connectivity index (χ4v) is 4.06. The van der Waals surface area contributed by atoms with Crippen molar-refractivity contribution < 1.29 is 8.42 Å². The minimum atomic E-state index is -2.81. The summed E-state index contributed by atoms with van der Waals surface area (Å²) in [5.74, 6) is 1.42. The van der Waals surface area contributed by atoms with E-state index in [0.717, 1.165) is 25.6 Å². The van der Waals surface area contributed by atoms with Gasteiger partial charge in [0.15, 0.2) is 15.8 Å². The standard InChI is InChI=1S/C18H30N4O2S/c1-4-19-18(21(3)15-17-7-5-16(2)6-8-17)20-9-10-22-11-13-25(23,24)14-12-22/h5-8H,4,9-15H2,1-3H3,(H,19,20). The monoisotopic (exact) mass is 366 g/mol. The number of hydrogen-bond acceptors (Lipinski definition) is 4. The van der Waals surface area contributed by atoms with Crippen LogP contribution in [0.5, 0.6) is 0 Å². The lowest BCUT2D eigenvalue weighted by atomic mass is 10.1. The highest BCUT2D eigenvalue weighted by Crippen LogP contribution is 2.06. The van der Waals surface area contributed by atoms with Crippen molar-refractivity contribution in [2.75, 3.05) is 51.3 Å². The lowest BCUT2D eigenvalue weighted by Gasteiger charge is -2.26. The third-order valence-electron chi connectivity index (χ3n) is 4.35. The topological polar surface area (TPSA) is 65.0 Å². The van der Waals surface area contributed by atoms with Crippen LogP contribution in [0.1, 0.15) is 18.1 Å². The summed E-state index contributed by atoms with van der Waals surface area (Å²) >= 11 is 0. The molecular weight excluding hydrogens is 336 g/mol. The van der Waals surface area contributed by atoms with Gasteiger partial charge < -0.3 is 10.2 Å². The lowest BCUT2D eigenvalue weighted by molar-refractivity contribution is 0.303. The van der Waals surface area contributed by atoms with Crippen molar-refractivity contribution in [3.8, 4) is 0 Å². The van der Waals surface area contributed by atoms with Gasteiger partial charge in [0.05, 0.1) is 18.1 Å². The molecule has 0 atom stereocenters. The Balaban J connectivity index is 1.87. The maximum absolute atomic E-state index is 11.5. The molecule has 0 radical (unpaired) electrons. The van der Waals surface area contributed by atoms with Gasteiger partial charge in [0.25, 0.3) is 0 Å². The number of nitrogens with one attached hydrogen (secondary N) is 1. The maximum atomic E-state index is 11.5. The average Bonchev–Trinajstić information content (AvgIpc) is 2.57. The highest BCUT2D eigenvalue weighted by Gasteiger charge is 2.20. The molecule has 1 aromatic carbocycles. The Bertz CT molecular complexity index is 657. The van der Waals surface area contributed by atoms with Crippen LogP contribution in [-0.2, 0) is 16.4 Å². The quantitative estimate of drug-likeness (QED) is 0.604. The molecule has 1 heterocycles. The SMILES string of the molecule is CCNC(=NCCN1CCS(=O)(=O)CC1)N(C)Cc1ccc(C)cc1. The first-order valence-electron chi connectivity index (χ1n) is 8.87. The smallest absolute Gasteiger partial charge is 0.194 e. The van der Waals surface area contributed by atoms with Gasteiger partial charge in [-0.25, -0.2) is 8.42 Å². The summed E-state index contributed by atoms with van der Waals surface area (Å²) in [5.41, 5.74) is 2.51. The first kappa shape index (κ1) is 19.7. The van der Waals surface area contributed by atoms with Crippen molar-refractivity contribution in [1.82, 2.24) is 15.1 Å². The molecule has 1 aliphatic rings. The number of nitrogens with zero attached hydrogens (tertiary/aromatic N) is 3. The van der Waals surface area contributed by atoms with Crippen LogP contribution in [0.15, 0.2) is 29.3 Å². The van der Waals surface area contributed by atoms with E-state index in [1.54, 1.807) is 0 Å². The molecule has 6 nitrogen and oxygen atoms in total. The maximum Gasteiger partial charge on any atom is 0.194 e. The second-order valence-corrected chi connectivity index (χ2v) is 8.87. The van der Waals surface area contributed by atoms with Gasteiger partial charge >= 0.3 is 0 Å². The van der Waals surface area contributed by atoms with E-state index >= 15 is 0 Å². The van der Waals surface area contributed by atoms with Gasteiger partial charge in [-0.3, -0.25) is 9.89 Å². The molecule has 7 heteroatoms. The molecule has 25 heavy (non-hydrogen) atoms. The Morgan fingerprint density at radius 1 is 1.24 bits per heavy atom. The van der Waals surface area contributed by atoms with E-state index in [0.29, 0.717) is 19.6 Å². The lowest BCUT2D eigenvalue weighted by Crippen LogP contribution is -2.42. The molecule has 2 rings (SSSR count). The van der Waals surface area contributed by atoms with Gasteiger partial charge in [-0.2, -0.15) is 0 Å². The van der Waals surface area contributed by atoms with Crippen LogP contribution < -0.4 is 5.32 Å². The van der Waals surface area contributed by atoms with Crippen molar-refractivity contribution in [3.63, 3.8) is 0 Å². The molecule has 140 valence electrons. The van der Waals surface area contributed by atoms with E-state index in [1.807, 2.05) is 7.05 Å². The minimum Gasteiger partial charge on any atom is -0.357 e. The summed E-state index contributed by atoms with van der Waals surface area (Å²) in [6, 6.07) is 8.53. The van der Waals surface area contributed by atoms with E-state index in [1.165, 1.54) is 11.1 Å². The number of aliphatic imine (C=N–C) groups is 1. The Hall–Kier alpha value is -1.60. The third kappa shape index (κ3) is 6.66. The van der Waals surface area contributed by atoms with Gasteiger partial charge in [0, 0.05) is 39.8 Å². The second kappa shape index (κ2) is 9.20. The molecule has 1 N–H and O–H groups in total. The van der Waals surface area contributed by atoms with Gasteiger partial charge in [0.2, 0.25) is 0 Å². The van der Waals surface area contributed by atoms with Crippen molar-refractivity contribution in [3.05, 3.63) is 35.4 Å². The van der Waals surface area contributed by atoms with Crippen LogP contribution in [0.25, 0.3) is 0 Å². The summed E-state index contributed by atoms with van der Waals surface area (Å²) in [6.07, 6.45) is 0. The molecule has 1 saturated heterocycles. The molecule has 0 saturated carbocycles. The van der Waals surface area contributed by atoms with Crippen molar-refractivity contribution >= 4 is 15.8 Å². The summed E-state index contributed by atoms with van der Waals surface area (Å²) in [7, 11) is -0.778. The molecular formula is C18H30N4O2S. The molecule has 0 unspecified atom stereocenters. The van der Waals surface area contributed by atoms with Crippen molar-refractivity contribution in [2.24, 2.45) is 4.99 Å². The predicted molar refractivity (Wildman–Crippen MR) is 104 cm³/mol. The molecule has 0 aliphatic carbocycles. The molecule has 1 fully saturated rings. The largest absolute Gasteiger partial charge is 0.357 e. The summed E-state index contributed by atoms with van der Waals surface area (Å²) in [4.78, 5) is 8.99. The van der Waals surface area contributed by atoms with E-state index < -0.39 is 9.84 Å². The van der Waals surface area contributed by atoms with Crippen molar-refractivity contribution in [2.45, 2.75) is 20.4 Å². The summed E-state index contributed by atoms with van der Waals surface area (Å²) in [5, 5.41) is 3.33. The minimum absolute atomic E-state index is 0.268. The van der Waals surface area contributed by atoms with Crippen LogP contribution >= 0.6 is 0 Å². The molecule has 0 bridgehead atoms.